The molecule has 0 aromatic heterocycles. The molecule has 0 radical (unpaired) electrons. The zero-order valence-electron chi connectivity index (χ0n) is 20.7. The van der Waals surface area contributed by atoms with Gasteiger partial charge in [0.15, 0.2) is 6.29 Å². The average Bonchev–Trinajstić information content (AvgIpc) is 2.80. The van der Waals surface area contributed by atoms with E-state index in [1.807, 2.05) is 18.2 Å². The van der Waals surface area contributed by atoms with Crippen LogP contribution in [0, 0.1) is 29.6 Å². The highest BCUT2D eigenvalue weighted by molar-refractivity contribution is 5.87. The zero-order chi connectivity index (χ0) is 24.2. The van der Waals surface area contributed by atoms with Crippen LogP contribution in [-0.4, -0.2) is 24.7 Å². The van der Waals surface area contributed by atoms with Crippen LogP contribution in [0.3, 0.4) is 0 Å². The van der Waals surface area contributed by atoms with Crippen molar-refractivity contribution in [1.29, 1.82) is 0 Å². The van der Waals surface area contributed by atoms with Crippen LogP contribution >= 0.6 is 0 Å². The van der Waals surface area contributed by atoms with E-state index < -0.39 is 18.1 Å². The molecule has 7 nitrogen and oxygen atoms in total. The lowest BCUT2D eigenvalue weighted by atomic mass is 9.72. The molecule has 1 aliphatic heterocycles. The summed E-state index contributed by atoms with van der Waals surface area (Å²) in [6, 6.07) is 10.3. The maximum atomic E-state index is 13.6. The Morgan fingerprint density at radius 3 is 2.33 bits per heavy atom. The van der Waals surface area contributed by atoms with E-state index in [0.717, 1.165) is 38.5 Å². The number of hydrogen-bond acceptors (Lipinski definition) is 5. The van der Waals surface area contributed by atoms with Gasteiger partial charge in [-0.15, -0.1) is 0 Å². The molecule has 33 heavy (non-hydrogen) atoms. The fourth-order valence-electron chi connectivity index (χ4n) is 4.80. The molecule has 4 N–H and O–H groups in total. The highest BCUT2D eigenvalue weighted by Crippen LogP contribution is 2.35. The number of aryl methyl sites for hydroxylation is 1. The summed E-state index contributed by atoms with van der Waals surface area (Å²) in [6.45, 7) is 9.04. The number of carbonyl (C=O) groups is 2. The summed E-state index contributed by atoms with van der Waals surface area (Å²) in [5.41, 5.74) is 6.18. The number of amides is 2. The van der Waals surface area contributed by atoms with Gasteiger partial charge in [-0.3, -0.25) is 15.0 Å². The first-order chi connectivity index (χ1) is 15.8. The van der Waals surface area contributed by atoms with Gasteiger partial charge in [-0.05, 0) is 61.8 Å². The van der Waals surface area contributed by atoms with Crippen LogP contribution in [0.25, 0.3) is 0 Å². The summed E-state index contributed by atoms with van der Waals surface area (Å²) >= 11 is 0. The quantitative estimate of drug-likeness (QED) is 0.233. The van der Waals surface area contributed by atoms with Crippen molar-refractivity contribution < 1.29 is 19.2 Å². The third-order valence-electron chi connectivity index (χ3n) is 6.30. The second kappa shape index (κ2) is 14.3. The molecular formula is C26H43N3O4. The molecule has 4 atom stereocenters. The van der Waals surface area contributed by atoms with Crippen LogP contribution in [0.5, 0.6) is 0 Å². The molecule has 0 saturated carbocycles. The molecule has 1 saturated heterocycles. The van der Waals surface area contributed by atoms with Crippen molar-refractivity contribution in [2.24, 2.45) is 35.4 Å². The van der Waals surface area contributed by atoms with Gasteiger partial charge in [0.2, 0.25) is 11.8 Å². The Bertz CT molecular complexity index is 705. The van der Waals surface area contributed by atoms with Gasteiger partial charge >= 0.3 is 0 Å². The third-order valence-corrected chi connectivity index (χ3v) is 6.30. The second-order valence-corrected chi connectivity index (χ2v) is 10.1. The summed E-state index contributed by atoms with van der Waals surface area (Å²) in [5, 5.41) is 0. The fourth-order valence-corrected chi connectivity index (χ4v) is 4.80. The summed E-state index contributed by atoms with van der Waals surface area (Å²) in [5.74, 6) is 4.52. The smallest absolute Gasteiger partial charge is 0.247 e. The molecule has 2 rings (SSSR count). The van der Waals surface area contributed by atoms with E-state index in [4.69, 9.17) is 15.4 Å². The zero-order valence-corrected chi connectivity index (χ0v) is 20.7. The number of rotatable bonds is 13. The van der Waals surface area contributed by atoms with E-state index in [0.29, 0.717) is 18.9 Å². The summed E-state index contributed by atoms with van der Waals surface area (Å²) in [7, 11) is 0. The van der Waals surface area contributed by atoms with E-state index in [-0.39, 0.29) is 23.7 Å². The van der Waals surface area contributed by atoms with Crippen molar-refractivity contribution in [3.05, 3.63) is 35.9 Å². The minimum Gasteiger partial charge on any atom is -0.350 e. The molecule has 7 heteroatoms. The summed E-state index contributed by atoms with van der Waals surface area (Å²) in [4.78, 5) is 32.1. The van der Waals surface area contributed by atoms with E-state index in [9.17, 15) is 9.59 Å². The van der Waals surface area contributed by atoms with Crippen molar-refractivity contribution in [3.8, 4) is 0 Å². The number of hydrogen-bond donors (Lipinski definition) is 3. The summed E-state index contributed by atoms with van der Waals surface area (Å²) < 4.78 is 5.60. The molecule has 2 amide bonds. The maximum Gasteiger partial charge on any atom is 0.247 e. The van der Waals surface area contributed by atoms with Crippen molar-refractivity contribution in [1.82, 2.24) is 10.9 Å². The Morgan fingerprint density at radius 1 is 1.06 bits per heavy atom. The van der Waals surface area contributed by atoms with E-state index >= 15 is 0 Å². The van der Waals surface area contributed by atoms with E-state index in [1.54, 1.807) is 0 Å². The normalized spacial score (nSPS) is 19.2. The van der Waals surface area contributed by atoms with Gasteiger partial charge in [-0.25, -0.2) is 16.2 Å². The van der Waals surface area contributed by atoms with Gasteiger partial charge in [-0.1, -0.05) is 58.0 Å². The van der Waals surface area contributed by atoms with Crippen LogP contribution in [0.15, 0.2) is 30.3 Å². The predicted molar refractivity (Wildman–Crippen MR) is 129 cm³/mol. The Labute approximate surface area is 199 Å². The molecular weight excluding hydrogens is 418 g/mol. The number of hydroxylamine groups is 1. The first-order valence-corrected chi connectivity index (χ1v) is 12.4. The Kier molecular flexibility index (Phi) is 11.9. The van der Waals surface area contributed by atoms with Gasteiger partial charge in [0.05, 0.1) is 11.8 Å². The number of hydrazine groups is 1. The molecule has 1 aromatic rings. The predicted octanol–water partition coefficient (Wildman–Crippen LogP) is 4.12. The first-order valence-electron chi connectivity index (χ1n) is 12.4. The standard InChI is InChI=1S/C26H43N3O4/c1-18(2)16-21(14-13-20-10-6-5-7-11-20)24(22(17-19(3)4)25(30)28-27)26(31)29-33-23-12-8-9-15-32-23/h5-7,10-11,18-19,21-24H,8-9,12-17,27H2,1-4H3,(H,28,30)(H,29,31)/t21?,22-,23?,24+/m1/s1. The first kappa shape index (κ1) is 27.3. The SMILES string of the molecule is CC(C)CC(CCc1ccccc1)[C@H](C(=O)NOC1CCCCO1)[C@@H](CC(C)C)C(=O)NN. The number of nitrogens with one attached hydrogen (secondary N) is 2. The third kappa shape index (κ3) is 9.43. The largest absolute Gasteiger partial charge is 0.350 e. The molecule has 1 heterocycles. The van der Waals surface area contributed by atoms with Crippen LogP contribution in [0.1, 0.15) is 71.8 Å². The van der Waals surface area contributed by atoms with E-state index in [2.05, 4.69) is 50.7 Å². The van der Waals surface area contributed by atoms with Crippen LogP contribution in [0.4, 0.5) is 0 Å². The van der Waals surface area contributed by atoms with Gasteiger partial charge in [0.25, 0.3) is 0 Å². The van der Waals surface area contributed by atoms with E-state index in [1.165, 1.54) is 5.56 Å². The molecule has 0 aliphatic carbocycles. The molecule has 0 bridgehead atoms. The monoisotopic (exact) mass is 461 g/mol. The molecule has 1 aromatic carbocycles. The Hall–Kier alpha value is -1.96. The highest BCUT2D eigenvalue weighted by atomic mass is 16.8. The van der Waals surface area contributed by atoms with Gasteiger partial charge in [0.1, 0.15) is 0 Å². The Morgan fingerprint density at radius 2 is 1.76 bits per heavy atom. The molecule has 1 fully saturated rings. The summed E-state index contributed by atoms with van der Waals surface area (Å²) in [6.07, 6.45) is 5.34. The lowest BCUT2D eigenvalue weighted by Crippen LogP contribution is -2.48. The van der Waals surface area contributed by atoms with Crippen LogP contribution in [-0.2, 0) is 25.6 Å². The number of benzene rings is 1. The van der Waals surface area contributed by atoms with Crippen LogP contribution in [0.2, 0.25) is 0 Å². The number of carbonyl (C=O) groups excluding carboxylic acids is 2. The van der Waals surface area contributed by atoms with Crippen molar-refractivity contribution in [2.75, 3.05) is 6.61 Å². The lowest BCUT2D eigenvalue weighted by molar-refractivity contribution is -0.204. The van der Waals surface area contributed by atoms with Crippen molar-refractivity contribution in [3.63, 3.8) is 0 Å². The molecule has 1 aliphatic rings. The molecule has 2 unspecified atom stereocenters. The maximum absolute atomic E-state index is 13.6. The Balaban J connectivity index is 2.27. The van der Waals surface area contributed by atoms with Crippen LogP contribution < -0.4 is 16.7 Å². The fraction of sp³-hybridized carbons (Fsp3) is 0.692. The molecule has 0 spiro atoms. The second-order valence-electron chi connectivity index (χ2n) is 10.1. The number of ether oxygens (including phenoxy) is 1. The topological polar surface area (TPSA) is 103 Å². The highest BCUT2D eigenvalue weighted by Gasteiger charge is 2.40. The molecule has 186 valence electrons. The lowest BCUT2D eigenvalue weighted by Gasteiger charge is -2.34. The van der Waals surface area contributed by atoms with Crippen molar-refractivity contribution in [2.45, 2.75) is 78.9 Å². The number of nitrogens with two attached hydrogens (primary N) is 1. The van der Waals surface area contributed by atoms with Crippen molar-refractivity contribution >= 4 is 11.8 Å². The van der Waals surface area contributed by atoms with Gasteiger partial charge in [-0.2, -0.15) is 0 Å². The average molecular weight is 462 g/mol. The minimum atomic E-state index is -0.550. The van der Waals surface area contributed by atoms with Gasteiger partial charge < -0.3 is 4.74 Å². The van der Waals surface area contributed by atoms with Gasteiger partial charge in [0, 0.05) is 13.0 Å². The minimum absolute atomic E-state index is 0.00197.